The molecule has 0 aliphatic carbocycles. The Morgan fingerprint density at radius 3 is 1.10 bits per heavy atom. The van der Waals surface area contributed by atoms with Gasteiger partial charge in [0.25, 0.3) is 0 Å². The minimum Gasteiger partial charge on any atom is -0.487 e. The smallest absolute Gasteiger partial charge is 0.159 e. The summed E-state index contributed by atoms with van der Waals surface area (Å²) in [7, 11) is 0. The van der Waals surface area contributed by atoms with Crippen LogP contribution in [0.4, 0.5) is 0 Å². The summed E-state index contributed by atoms with van der Waals surface area (Å²) in [6.07, 6.45) is 32.9. The van der Waals surface area contributed by atoms with Crippen LogP contribution in [-0.2, 0) is 4.74 Å². The molecule has 0 aromatic carbocycles. The summed E-state index contributed by atoms with van der Waals surface area (Å²) in [5, 5.41) is 0.854. The summed E-state index contributed by atoms with van der Waals surface area (Å²) in [6.45, 7) is 5.42. The summed E-state index contributed by atoms with van der Waals surface area (Å²) in [5.74, 6) is 0. The van der Waals surface area contributed by atoms with Gasteiger partial charge in [-0.2, -0.15) is 0 Å². The molecule has 0 saturated carbocycles. The van der Waals surface area contributed by atoms with Crippen LogP contribution < -0.4 is 0 Å². The van der Waals surface area contributed by atoms with Gasteiger partial charge in [0.2, 0.25) is 0 Å². The van der Waals surface area contributed by atoms with Crippen molar-refractivity contribution in [1.29, 1.82) is 0 Å². The van der Waals surface area contributed by atoms with Crippen molar-refractivity contribution in [2.24, 2.45) is 0 Å². The van der Waals surface area contributed by atoms with Crippen LogP contribution in [0, 0.1) is 0 Å². The first kappa shape index (κ1) is 29.9. The highest BCUT2D eigenvalue weighted by atomic mass is 32.1. The zero-order chi connectivity index (χ0) is 22.0. The second-order valence-corrected chi connectivity index (χ2v) is 9.85. The van der Waals surface area contributed by atoms with E-state index in [1.807, 2.05) is 0 Å². The molecule has 0 heterocycles. The van der Waals surface area contributed by atoms with E-state index in [9.17, 15) is 0 Å². The minimum atomic E-state index is 0.842. The molecule has 30 heavy (non-hydrogen) atoms. The molecule has 0 atom stereocenters. The van der Waals surface area contributed by atoms with Crippen LogP contribution in [0.3, 0.4) is 0 Å². The van der Waals surface area contributed by atoms with Crippen LogP contribution in [0.25, 0.3) is 0 Å². The maximum Gasteiger partial charge on any atom is 0.159 e. The summed E-state index contributed by atoms with van der Waals surface area (Å²) in [6, 6.07) is 0. The molecule has 0 spiro atoms. The predicted octanol–water partition coefficient (Wildman–Crippen LogP) is 10.7. The third kappa shape index (κ3) is 25.9. The average Bonchev–Trinajstić information content (AvgIpc) is 2.75. The number of rotatable bonds is 25. The van der Waals surface area contributed by atoms with E-state index in [0.717, 1.165) is 18.1 Å². The lowest BCUT2D eigenvalue weighted by molar-refractivity contribution is 0.290. The third-order valence-electron chi connectivity index (χ3n) is 6.25. The van der Waals surface area contributed by atoms with E-state index in [1.165, 1.54) is 148 Å². The van der Waals surface area contributed by atoms with E-state index >= 15 is 0 Å². The molecule has 0 fully saturated rings. The van der Waals surface area contributed by atoms with E-state index in [-0.39, 0.29) is 0 Å². The molecule has 0 aliphatic heterocycles. The Labute approximate surface area is 196 Å². The topological polar surface area (TPSA) is 9.23 Å². The SMILES string of the molecule is CCCCCCCCCCCCCCCCOC(=S)CCCCCCCCCCC. The number of unbranched alkanes of at least 4 members (excludes halogenated alkanes) is 21. The Morgan fingerprint density at radius 1 is 0.433 bits per heavy atom. The van der Waals surface area contributed by atoms with Crippen molar-refractivity contribution >= 4 is 17.3 Å². The van der Waals surface area contributed by atoms with E-state index < -0.39 is 0 Å². The molecule has 0 saturated heterocycles. The Bertz CT molecular complexity index is 329. The van der Waals surface area contributed by atoms with E-state index in [4.69, 9.17) is 17.0 Å². The Balaban J connectivity index is 3.12. The lowest BCUT2D eigenvalue weighted by atomic mass is 10.0. The third-order valence-corrected chi connectivity index (χ3v) is 6.57. The van der Waals surface area contributed by atoms with Crippen molar-refractivity contribution in [2.75, 3.05) is 6.61 Å². The first-order valence-corrected chi connectivity index (χ1v) is 14.4. The number of hydrogen-bond acceptors (Lipinski definition) is 2. The highest BCUT2D eigenvalue weighted by Crippen LogP contribution is 2.14. The minimum absolute atomic E-state index is 0.842. The zero-order valence-corrected chi connectivity index (χ0v) is 21.8. The summed E-state index contributed by atoms with van der Waals surface area (Å²) < 4.78 is 5.75. The van der Waals surface area contributed by atoms with Crippen molar-refractivity contribution in [3.8, 4) is 0 Å². The fourth-order valence-electron chi connectivity index (χ4n) is 4.13. The summed E-state index contributed by atoms with van der Waals surface area (Å²) in [5.41, 5.74) is 0. The Morgan fingerprint density at radius 2 is 0.733 bits per heavy atom. The largest absolute Gasteiger partial charge is 0.487 e. The van der Waals surface area contributed by atoms with Crippen molar-refractivity contribution in [2.45, 2.75) is 168 Å². The maximum absolute atomic E-state index is 5.75. The van der Waals surface area contributed by atoms with E-state index in [2.05, 4.69) is 13.8 Å². The van der Waals surface area contributed by atoms with Gasteiger partial charge < -0.3 is 4.74 Å². The van der Waals surface area contributed by atoms with Gasteiger partial charge in [0.05, 0.1) is 6.61 Å². The lowest BCUT2D eigenvalue weighted by Gasteiger charge is -2.08. The van der Waals surface area contributed by atoms with Crippen LogP contribution in [0.15, 0.2) is 0 Å². The van der Waals surface area contributed by atoms with Gasteiger partial charge in [-0.15, -0.1) is 0 Å². The molecule has 0 amide bonds. The fourth-order valence-corrected chi connectivity index (χ4v) is 4.36. The predicted molar refractivity (Wildman–Crippen MR) is 141 cm³/mol. The quantitative estimate of drug-likeness (QED) is 0.103. The molecule has 1 nitrogen and oxygen atoms in total. The Kier molecular flexibility index (Phi) is 26.8. The molecule has 0 aromatic heterocycles. The molecule has 0 radical (unpaired) electrons. The molecule has 0 bridgehead atoms. The van der Waals surface area contributed by atoms with E-state index in [1.54, 1.807) is 0 Å². The van der Waals surface area contributed by atoms with Crippen LogP contribution in [0.5, 0.6) is 0 Å². The molecule has 0 aromatic rings. The van der Waals surface area contributed by atoms with Gasteiger partial charge in [-0.05, 0) is 25.1 Å². The standard InChI is InChI=1S/C28H56OS/c1-3-5-7-9-11-13-14-15-16-17-19-21-23-25-27-29-28(30)26-24-22-20-18-12-10-8-6-4-2/h3-27H2,1-2H3. The summed E-state index contributed by atoms with van der Waals surface area (Å²) in [4.78, 5) is 0. The number of hydrogen-bond donors (Lipinski definition) is 0. The molecular weight excluding hydrogens is 384 g/mol. The normalized spacial score (nSPS) is 11.1. The molecule has 0 aliphatic rings. The monoisotopic (exact) mass is 440 g/mol. The van der Waals surface area contributed by atoms with Gasteiger partial charge in [0, 0.05) is 6.42 Å². The van der Waals surface area contributed by atoms with Crippen LogP contribution >= 0.6 is 12.2 Å². The molecule has 180 valence electrons. The zero-order valence-electron chi connectivity index (χ0n) is 21.0. The van der Waals surface area contributed by atoms with Crippen molar-refractivity contribution in [3.63, 3.8) is 0 Å². The average molecular weight is 441 g/mol. The van der Waals surface area contributed by atoms with Crippen LogP contribution in [0.2, 0.25) is 0 Å². The summed E-state index contributed by atoms with van der Waals surface area (Å²) >= 11 is 5.38. The van der Waals surface area contributed by atoms with E-state index in [0.29, 0.717) is 0 Å². The maximum atomic E-state index is 5.75. The van der Waals surface area contributed by atoms with Crippen LogP contribution in [0.1, 0.15) is 168 Å². The second kappa shape index (κ2) is 26.9. The fraction of sp³-hybridized carbons (Fsp3) is 0.964. The highest BCUT2D eigenvalue weighted by Gasteiger charge is 1.99. The van der Waals surface area contributed by atoms with Crippen LogP contribution in [-0.4, -0.2) is 11.7 Å². The molecule has 0 N–H and O–H groups in total. The molecule has 2 heteroatoms. The van der Waals surface area contributed by atoms with Crippen molar-refractivity contribution < 1.29 is 4.74 Å². The first-order valence-electron chi connectivity index (χ1n) is 14.0. The molecular formula is C28H56OS. The van der Waals surface area contributed by atoms with Gasteiger partial charge in [-0.3, -0.25) is 0 Å². The molecule has 0 rings (SSSR count). The van der Waals surface area contributed by atoms with Gasteiger partial charge in [-0.1, -0.05) is 149 Å². The van der Waals surface area contributed by atoms with Gasteiger partial charge >= 0.3 is 0 Å². The van der Waals surface area contributed by atoms with Gasteiger partial charge in [-0.25, -0.2) is 0 Å². The van der Waals surface area contributed by atoms with Gasteiger partial charge in [0.15, 0.2) is 5.05 Å². The number of ether oxygens (including phenoxy) is 1. The Hall–Kier alpha value is -0.110. The van der Waals surface area contributed by atoms with Crippen molar-refractivity contribution in [3.05, 3.63) is 0 Å². The van der Waals surface area contributed by atoms with Crippen molar-refractivity contribution in [1.82, 2.24) is 0 Å². The lowest BCUT2D eigenvalue weighted by Crippen LogP contribution is -2.03. The molecule has 0 unspecified atom stereocenters. The number of thiocarbonyl (C=S) groups is 1. The van der Waals surface area contributed by atoms with Gasteiger partial charge in [0.1, 0.15) is 0 Å². The highest BCUT2D eigenvalue weighted by molar-refractivity contribution is 7.80. The first-order chi connectivity index (χ1) is 14.8. The second-order valence-electron chi connectivity index (χ2n) is 9.40.